The van der Waals surface area contributed by atoms with Crippen molar-refractivity contribution in [3.63, 3.8) is 0 Å². The monoisotopic (exact) mass is 255 g/mol. The molecule has 1 saturated carbocycles. The Morgan fingerprint density at radius 3 is 2.32 bits per heavy atom. The Bertz CT molecular complexity index is 414. The second-order valence-corrected chi connectivity index (χ2v) is 5.35. The lowest BCUT2D eigenvalue weighted by Crippen LogP contribution is -2.38. The van der Waals surface area contributed by atoms with E-state index >= 15 is 0 Å². The summed E-state index contributed by atoms with van der Waals surface area (Å²) in [6.07, 6.45) is 5.47. The molecule has 0 radical (unpaired) electrons. The van der Waals surface area contributed by atoms with Gasteiger partial charge in [0.2, 0.25) is 0 Å². The van der Waals surface area contributed by atoms with Crippen LogP contribution in [0.3, 0.4) is 0 Å². The highest BCUT2D eigenvalue weighted by Gasteiger charge is 2.26. The van der Waals surface area contributed by atoms with Crippen LogP contribution in [0.5, 0.6) is 0 Å². The molecule has 0 heterocycles. The highest BCUT2D eigenvalue weighted by atomic mass is 15.1. The van der Waals surface area contributed by atoms with Crippen LogP contribution in [-0.4, -0.2) is 24.0 Å². The van der Waals surface area contributed by atoms with Crippen molar-refractivity contribution >= 4 is 0 Å². The van der Waals surface area contributed by atoms with Crippen molar-refractivity contribution in [1.29, 1.82) is 0 Å². The van der Waals surface area contributed by atoms with Gasteiger partial charge < -0.3 is 0 Å². The molecule has 1 aromatic rings. The molecule has 0 saturated heterocycles. The minimum absolute atomic E-state index is 0.442. The fourth-order valence-electron chi connectivity index (χ4n) is 3.08. The van der Waals surface area contributed by atoms with E-state index < -0.39 is 0 Å². The van der Waals surface area contributed by atoms with E-state index in [1.54, 1.807) is 0 Å². The first-order valence-corrected chi connectivity index (χ1v) is 7.65. The molecule has 0 bridgehead atoms. The topological polar surface area (TPSA) is 3.24 Å². The first kappa shape index (κ1) is 14.2. The van der Waals surface area contributed by atoms with Gasteiger partial charge in [-0.1, -0.05) is 56.7 Å². The van der Waals surface area contributed by atoms with Gasteiger partial charge in [-0.2, -0.15) is 0 Å². The number of hydrogen-bond donors (Lipinski definition) is 0. The van der Waals surface area contributed by atoms with Crippen molar-refractivity contribution in [3.8, 4) is 11.8 Å². The molecule has 19 heavy (non-hydrogen) atoms. The fourth-order valence-corrected chi connectivity index (χ4v) is 3.08. The smallest absolute Gasteiger partial charge is 0.0746 e. The molecule has 1 nitrogen and oxygen atoms in total. The van der Waals surface area contributed by atoms with Crippen molar-refractivity contribution < 1.29 is 0 Å². The maximum Gasteiger partial charge on any atom is 0.0746 e. The second kappa shape index (κ2) is 7.36. The van der Waals surface area contributed by atoms with E-state index in [0.29, 0.717) is 6.04 Å². The van der Waals surface area contributed by atoms with Crippen LogP contribution < -0.4 is 0 Å². The molecule has 0 aromatic heterocycles. The number of nitrogens with zero attached hydrogens (tertiary/aromatic N) is 1. The summed E-state index contributed by atoms with van der Waals surface area (Å²) in [4.78, 5) is 2.52. The van der Waals surface area contributed by atoms with E-state index in [-0.39, 0.29) is 0 Å². The SMILES string of the molecule is CCN(CC)C(C#Cc1ccccc1)C1CCCC1. The Balaban J connectivity index is 2.15. The van der Waals surface area contributed by atoms with Crippen molar-refractivity contribution in [1.82, 2.24) is 4.90 Å². The summed E-state index contributed by atoms with van der Waals surface area (Å²) in [5, 5.41) is 0. The minimum atomic E-state index is 0.442. The summed E-state index contributed by atoms with van der Waals surface area (Å²) < 4.78 is 0. The maximum atomic E-state index is 3.56. The van der Waals surface area contributed by atoms with Gasteiger partial charge in [0.05, 0.1) is 6.04 Å². The van der Waals surface area contributed by atoms with Gasteiger partial charge in [-0.05, 0) is 44.0 Å². The van der Waals surface area contributed by atoms with Crippen LogP contribution in [0.4, 0.5) is 0 Å². The van der Waals surface area contributed by atoms with Gasteiger partial charge in [-0.15, -0.1) is 0 Å². The molecule has 0 spiro atoms. The van der Waals surface area contributed by atoms with E-state index in [1.807, 2.05) is 6.07 Å². The predicted molar refractivity (Wildman–Crippen MR) is 82.0 cm³/mol. The molecule has 2 rings (SSSR count). The van der Waals surface area contributed by atoms with Gasteiger partial charge in [0.1, 0.15) is 0 Å². The van der Waals surface area contributed by atoms with E-state index in [2.05, 4.69) is 54.9 Å². The third-order valence-electron chi connectivity index (χ3n) is 4.19. The Labute approximate surface area is 118 Å². The van der Waals surface area contributed by atoms with Crippen LogP contribution in [0.2, 0.25) is 0 Å². The molecular formula is C18H25N. The van der Waals surface area contributed by atoms with Crippen LogP contribution in [0, 0.1) is 17.8 Å². The molecule has 1 fully saturated rings. The summed E-state index contributed by atoms with van der Waals surface area (Å²) in [5.41, 5.74) is 1.14. The van der Waals surface area contributed by atoms with Crippen molar-refractivity contribution in [2.45, 2.75) is 45.6 Å². The molecule has 102 valence electrons. The van der Waals surface area contributed by atoms with E-state index in [0.717, 1.165) is 24.6 Å². The van der Waals surface area contributed by atoms with E-state index in [9.17, 15) is 0 Å². The highest BCUT2D eigenvalue weighted by Crippen LogP contribution is 2.30. The number of hydrogen-bond acceptors (Lipinski definition) is 1. The minimum Gasteiger partial charge on any atom is -0.290 e. The summed E-state index contributed by atoms with van der Waals surface area (Å²) in [5.74, 6) is 7.71. The highest BCUT2D eigenvalue weighted by molar-refractivity contribution is 5.35. The van der Waals surface area contributed by atoms with Crippen molar-refractivity contribution in [2.24, 2.45) is 5.92 Å². The molecule has 0 amide bonds. The predicted octanol–water partition coefficient (Wildman–Crippen LogP) is 3.94. The Hall–Kier alpha value is -1.26. The standard InChI is InChI=1S/C18H25N/c1-3-19(4-2)18(17-12-8-9-13-17)15-14-16-10-6-5-7-11-16/h5-7,10-11,17-18H,3-4,8-9,12-13H2,1-2H3. The fraction of sp³-hybridized carbons (Fsp3) is 0.556. The summed E-state index contributed by atoms with van der Waals surface area (Å²) in [6.45, 7) is 6.69. The van der Waals surface area contributed by atoms with Crippen molar-refractivity contribution in [3.05, 3.63) is 35.9 Å². The van der Waals surface area contributed by atoms with Gasteiger partial charge in [0, 0.05) is 5.56 Å². The quantitative estimate of drug-likeness (QED) is 0.737. The van der Waals surface area contributed by atoms with Gasteiger partial charge in [0.25, 0.3) is 0 Å². The van der Waals surface area contributed by atoms with Gasteiger partial charge in [-0.25, -0.2) is 0 Å². The van der Waals surface area contributed by atoms with E-state index in [4.69, 9.17) is 0 Å². The Kier molecular flexibility index (Phi) is 5.48. The number of benzene rings is 1. The van der Waals surface area contributed by atoms with Gasteiger partial charge in [-0.3, -0.25) is 4.90 Å². The van der Waals surface area contributed by atoms with Crippen LogP contribution in [0.15, 0.2) is 30.3 Å². The summed E-state index contributed by atoms with van der Waals surface area (Å²) in [7, 11) is 0. The lowest BCUT2D eigenvalue weighted by molar-refractivity contribution is 0.202. The average Bonchev–Trinajstić information content (AvgIpc) is 2.98. The lowest BCUT2D eigenvalue weighted by atomic mass is 9.96. The molecule has 1 atom stereocenters. The lowest BCUT2D eigenvalue weighted by Gasteiger charge is -2.30. The molecular weight excluding hydrogens is 230 g/mol. The largest absolute Gasteiger partial charge is 0.290 e. The molecule has 1 aliphatic rings. The van der Waals surface area contributed by atoms with Gasteiger partial charge in [0.15, 0.2) is 0 Å². The first-order valence-electron chi connectivity index (χ1n) is 7.65. The maximum absolute atomic E-state index is 3.56. The Morgan fingerprint density at radius 1 is 1.11 bits per heavy atom. The molecule has 1 heteroatoms. The first-order chi connectivity index (χ1) is 9.35. The molecule has 1 aromatic carbocycles. The molecule has 1 aliphatic carbocycles. The third kappa shape index (κ3) is 3.85. The summed E-state index contributed by atoms with van der Waals surface area (Å²) in [6, 6.07) is 10.8. The normalized spacial score (nSPS) is 17.2. The van der Waals surface area contributed by atoms with Crippen molar-refractivity contribution in [2.75, 3.05) is 13.1 Å². The van der Waals surface area contributed by atoms with E-state index in [1.165, 1.54) is 25.7 Å². The zero-order valence-electron chi connectivity index (χ0n) is 12.2. The zero-order valence-corrected chi connectivity index (χ0v) is 12.2. The second-order valence-electron chi connectivity index (χ2n) is 5.35. The molecule has 0 aliphatic heterocycles. The van der Waals surface area contributed by atoms with Crippen LogP contribution in [0.25, 0.3) is 0 Å². The van der Waals surface area contributed by atoms with Gasteiger partial charge >= 0.3 is 0 Å². The average molecular weight is 255 g/mol. The van der Waals surface area contributed by atoms with Crippen LogP contribution in [0.1, 0.15) is 45.1 Å². The van der Waals surface area contributed by atoms with Crippen LogP contribution in [-0.2, 0) is 0 Å². The zero-order chi connectivity index (χ0) is 13.5. The number of rotatable bonds is 4. The third-order valence-corrected chi connectivity index (χ3v) is 4.19. The van der Waals surface area contributed by atoms with Crippen LogP contribution >= 0.6 is 0 Å². The molecule has 0 N–H and O–H groups in total. The Morgan fingerprint density at radius 2 is 1.74 bits per heavy atom. The molecule has 1 unspecified atom stereocenters. The summed E-state index contributed by atoms with van der Waals surface area (Å²) >= 11 is 0.